The molecule has 0 saturated heterocycles. The molecule has 6 heteroatoms. The molecule has 0 unspecified atom stereocenters. The molecule has 0 fully saturated rings. The summed E-state index contributed by atoms with van der Waals surface area (Å²) in [5, 5.41) is 3.16. The summed E-state index contributed by atoms with van der Waals surface area (Å²) in [6.07, 6.45) is 1.61. The van der Waals surface area contributed by atoms with Crippen LogP contribution in [-0.4, -0.2) is 16.8 Å². The maximum absolute atomic E-state index is 5.51. The average molecular weight is 244 g/mol. The number of nitrogen functional groups attached to an aromatic ring is 1. The molecule has 18 heavy (non-hydrogen) atoms. The van der Waals surface area contributed by atoms with Gasteiger partial charge in [-0.2, -0.15) is 4.98 Å². The Morgan fingerprint density at radius 2 is 2.22 bits per heavy atom. The molecule has 0 atom stereocenters. The van der Waals surface area contributed by atoms with Crippen molar-refractivity contribution in [1.82, 2.24) is 9.97 Å². The number of nitrogens with one attached hydrogen (secondary N) is 1. The Morgan fingerprint density at radius 1 is 1.28 bits per heavy atom. The Hall–Kier alpha value is -2.50. The number of aromatic nitrogens is 2. The average Bonchev–Trinajstić information content (AvgIpc) is 2.85. The van der Waals surface area contributed by atoms with E-state index in [2.05, 4.69) is 15.3 Å². The maximum Gasteiger partial charge on any atom is 0.231 e. The summed E-state index contributed by atoms with van der Waals surface area (Å²) in [7, 11) is 0. The second-order valence-corrected chi connectivity index (χ2v) is 3.80. The molecule has 92 valence electrons. The first-order chi connectivity index (χ1) is 8.83. The van der Waals surface area contributed by atoms with Crippen molar-refractivity contribution in [2.24, 2.45) is 0 Å². The quantitative estimate of drug-likeness (QED) is 0.849. The fourth-order valence-electron chi connectivity index (χ4n) is 1.79. The van der Waals surface area contributed by atoms with Crippen molar-refractivity contribution in [2.45, 2.75) is 6.54 Å². The molecule has 2 heterocycles. The van der Waals surface area contributed by atoms with Gasteiger partial charge in [0.2, 0.25) is 12.7 Å². The van der Waals surface area contributed by atoms with Gasteiger partial charge in [-0.25, -0.2) is 4.98 Å². The van der Waals surface area contributed by atoms with Crippen LogP contribution in [0.4, 0.5) is 11.8 Å². The number of para-hydroxylation sites is 1. The summed E-state index contributed by atoms with van der Waals surface area (Å²) in [5.41, 5.74) is 6.53. The smallest absolute Gasteiger partial charge is 0.231 e. The molecular formula is C12H12N4O2. The van der Waals surface area contributed by atoms with E-state index in [4.69, 9.17) is 15.2 Å². The van der Waals surface area contributed by atoms with Gasteiger partial charge < -0.3 is 20.5 Å². The first-order valence-electron chi connectivity index (χ1n) is 5.53. The van der Waals surface area contributed by atoms with Crippen molar-refractivity contribution in [3.63, 3.8) is 0 Å². The number of hydrogen-bond acceptors (Lipinski definition) is 6. The Balaban J connectivity index is 1.76. The van der Waals surface area contributed by atoms with Gasteiger partial charge >= 0.3 is 0 Å². The zero-order chi connectivity index (χ0) is 12.4. The van der Waals surface area contributed by atoms with Crippen molar-refractivity contribution in [2.75, 3.05) is 17.8 Å². The molecule has 6 nitrogen and oxygen atoms in total. The van der Waals surface area contributed by atoms with Crippen molar-refractivity contribution in [3.8, 4) is 11.5 Å². The minimum absolute atomic E-state index is 0.248. The summed E-state index contributed by atoms with van der Waals surface area (Å²) in [4.78, 5) is 7.90. The second-order valence-electron chi connectivity index (χ2n) is 3.80. The van der Waals surface area contributed by atoms with Gasteiger partial charge in [0, 0.05) is 18.3 Å². The third kappa shape index (κ3) is 2.00. The van der Waals surface area contributed by atoms with E-state index in [1.54, 1.807) is 12.3 Å². The molecule has 2 aromatic rings. The fraction of sp³-hybridized carbons (Fsp3) is 0.167. The van der Waals surface area contributed by atoms with Gasteiger partial charge in [-0.3, -0.25) is 0 Å². The van der Waals surface area contributed by atoms with Gasteiger partial charge in [0.1, 0.15) is 5.82 Å². The highest BCUT2D eigenvalue weighted by Crippen LogP contribution is 2.35. The number of anilines is 2. The van der Waals surface area contributed by atoms with Crippen LogP contribution in [0.5, 0.6) is 11.5 Å². The molecule has 0 saturated carbocycles. The van der Waals surface area contributed by atoms with Crippen LogP contribution in [0.25, 0.3) is 0 Å². The highest BCUT2D eigenvalue weighted by atomic mass is 16.7. The SMILES string of the molecule is Nc1nccc(NCc2cccc3c2OCO3)n1. The standard InChI is InChI=1S/C12H12N4O2/c13-12-14-5-4-10(16-12)15-6-8-2-1-3-9-11(8)18-7-17-9/h1-5H,6-7H2,(H3,13,14,15,16). The van der Waals surface area contributed by atoms with Crippen LogP contribution in [0.2, 0.25) is 0 Å². The molecule has 0 radical (unpaired) electrons. The summed E-state index contributed by atoms with van der Waals surface area (Å²) >= 11 is 0. The minimum Gasteiger partial charge on any atom is -0.454 e. The van der Waals surface area contributed by atoms with Gasteiger partial charge in [0.25, 0.3) is 0 Å². The molecule has 0 aliphatic carbocycles. The molecule has 0 spiro atoms. The molecule has 1 aromatic carbocycles. The monoisotopic (exact) mass is 244 g/mol. The lowest BCUT2D eigenvalue weighted by atomic mass is 10.2. The Kier molecular flexibility index (Phi) is 2.60. The van der Waals surface area contributed by atoms with E-state index < -0.39 is 0 Å². The molecule has 0 bridgehead atoms. The first-order valence-corrected chi connectivity index (χ1v) is 5.53. The number of nitrogens with two attached hydrogens (primary N) is 1. The van der Waals surface area contributed by atoms with E-state index in [9.17, 15) is 0 Å². The predicted molar refractivity (Wildman–Crippen MR) is 66.3 cm³/mol. The van der Waals surface area contributed by atoms with Crippen LogP contribution in [0.1, 0.15) is 5.56 Å². The molecule has 3 N–H and O–H groups in total. The highest BCUT2D eigenvalue weighted by molar-refractivity contribution is 5.50. The molecular weight excluding hydrogens is 232 g/mol. The van der Waals surface area contributed by atoms with Crippen LogP contribution in [0.3, 0.4) is 0 Å². The first kappa shape index (κ1) is 10.6. The van der Waals surface area contributed by atoms with Crippen LogP contribution in [-0.2, 0) is 6.54 Å². The molecule has 0 amide bonds. The van der Waals surface area contributed by atoms with Crippen LogP contribution in [0.15, 0.2) is 30.5 Å². The third-order valence-corrected chi connectivity index (χ3v) is 2.61. The second kappa shape index (κ2) is 4.40. The van der Waals surface area contributed by atoms with E-state index in [0.717, 1.165) is 17.1 Å². The lowest BCUT2D eigenvalue weighted by Gasteiger charge is -2.08. The lowest BCUT2D eigenvalue weighted by Crippen LogP contribution is -2.04. The molecule has 1 aliphatic rings. The van der Waals surface area contributed by atoms with E-state index in [1.165, 1.54) is 0 Å². The van der Waals surface area contributed by atoms with E-state index in [0.29, 0.717) is 12.4 Å². The van der Waals surface area contributed by atoms with Crippen molar-refractivity contribution in [3.05, 3.63) is 36.0 Å². The Morgan fingerprint density at radius 3 is 3.11 bits per heavy atom. The summed E-state index contributed by atoms with van der Waals surface area (Å²) in [5.74, 6) is 2.49. The largest absolute Gasteiger partial charge is 0.454 e. The lowest BCUT2D eigenvalue weighted by molar-refractivity contribution is 0.173. The van der Waals surface area contributed by atoms with Gasteiger partial charge in [-0.15, -0.1) is 0 Å². The van der Waals surface area contributed by atoms with Crippen molar-refractivity contribution < 1.29 is 9.47 Å². The van der Waals surface area contributed by atoms with E-state index >= 15 is 0 Å². The highest BCUT2D eigenvalue weighted by Gasteiger charge is 2.16. The number of ether oxygens (including phenoxy) is 2. The molecule has 1 aliphatic heterocycles. The van der Waals surface area contributed by atoms with Crippen molar-refractivity contribution >= 4 is 11.8 Å². The summed E-state index contributed by atoms with van der Waals surface area (Å²) in [6.45, 7) is 0.857. The fourth-order valence-corrected chi connectivity index (χ4v) is 1.79. The Bertz CT molecular complexity index is 574. The van der Waals surface area contributed by atoms with Gasteiger partial charge in [-0.1, -0.05) is 12.1 Å². The number of fused-ring (bicyclic) bond motifs is 1. The zero-order valence-corrected chi connectivity index (χ0v) is 9.59. The minimum atomic E-state index is 0.248. The van der Waals surface area contributed by atoms with Gasteiger partial charge in [0.15, 0.2) is 11.5 Å². The number of nitrogens with zero attached hydrogens (tertiary/aromatic N) is 2. The zero-order valence-electron chi connectivity index (χ0n) is 9.59. The molecule has 3 rings (SSSR count). The van der Waals surface area contributed by atoms with Gasteiger partial charge in [0.05, 0.1) is 0 Å². The topological polar surface area (TPSA) is 82.3 Å². The van der Waals surface area contributed by atoms with E-state index in [-0.39, 0.29) is 12.7 Å². The van der Waals surface area contributed by atoms with Crippen LogP contribution >= 0.6 is 0 Å². The van der Waals surface area contributed by atoms with Crippen LogP contribution in [0, 0.1) is 0 Å². The predicted octanol–water partition coefficient (Wildman–Crippen LogP) is 1.40. The maximum atomic E-state index is 5.51. The van der Waals surface area contributed by atoms with Crippen molar-refractivity contribution in [1.29, 1.82) is 0 Å². The van der Waals surface area contributed by atoms with E-state index in [1.807, 2.05) is 18.2 Å². The number of benzene rings is 1. The van der Waals surface area contributed by atoms with Gasteiger partial charge in [-0.05, 0) is 12.1 Å². The number of rotatable bonds is 3. The summed E-state index contributed by atoms with van der Waals surface area (Å²) in [6, 6.07) is 7.55. The number of hydrogen-bond donors (Lipinski definition) is 2. The molecule has 1 aromatic heterocycles. The third-order valence-electron chi connectivity index (χ3n) is 2.61. The normalized spacial score (nSPS) is 12.4. The van der Waals surface area contributed by atoms with Crippen LogP contribution < -0.4 is 20.5 Å². The summed E-state index contributed by atoms with van der Waals surface area (Å²) < 4.78 is 10.7. The Labute approximate surface area is 104 Å².